The lowest BCUT2D eigenvalue weighted by Gasteiger charge is -2.31. The van der Waals surface area contributed by atoms with Crippen molar-refractivity contribution in [3.8, 4) is 5.75 Å². The first-order valence-electron chi connectivity index (χ1n) is 17.4. The summed E-state index contributed by atoms with van der Waals surface area (Å²) in [4.78, 5) is 41.4. The van der Waals surface area contributed by atoms with Crippen LogP contribution in [0.15, 0.2) is 73.1 Å². The molecule has 1 aliphatic rings. The molecule has 16 nitrogen and oxygen atoms in total. The summed E-state index contributed by atoms with van der Waals surface area (Å²) in [6.07, 6.45) is 9.53. The maximum atomic E-state index is 13.2. The summed E-state index contributed by atoms with van der Waals surface area (Å²) in [6.45, 7) is 4.34. The van der Waals surface area contributed by atoms with Crippen molar-refractivity contribution < 1.29 is 46.1 Å². The largest absolute Gasteiger partial charge is 0.497 e. The van der Waals surface area contributed by atoms with E-state index in [4.69, 9.17) is 31.7 Å². The lowest BCUT2D eigenvalue weighted by atomic mass is 10.1. The van der Waals surface area contributed by atoms with E-state index >= 15 is 0 Å². The molecular formula is C38H48N6O10S. The van der Waals surface area contributed by atoms with Crippen LogP contribution < -0.4 is 20.7 Å². The molecule has 0 aliphatic carbocycles. The number of ether oxygens (including phenoxy) is 3. The molecule has 0 radical (unpaired) electrons. The van der Waals surface area contributed by atoms with Crippen LogP contribution in [-0.2, 0) is 34.0 Å². The van der Waals surface area contributed by atoms with Crippen molar-refractivity contribution in [1.82, 2.24) is 19.4 Å². The first kappa shape index (κ1) is 42.4. The van der Waals surface area contributed by atoms with Gasteiger partial charge in [-0.05, 0) is 60.4 Å². The van der Waals surface area contributed by atoms with Gasteiger partial charge in [0.2, 0.25) is 0 Å². The molecule has 17 heteroatoms. The molecule has 3 heterocycles. The smallest absolute Gasteiger partial charge is 0.394 e. The van der Waals surface area contributed by atoms with Crippen LogP contribution in [0.4, 0.5) is 11.4 Å². The van der Waals surface area contributed by atoms with Crippen LogP contribution in [0.2, 0.25) is 0 Å². The van der Waals surface area contributed by atoms with Crippen molar-refractivity contribution >= 4 is 51.6 Å². The van der Waals surface area contributed by atoms with E-state index in [1.165, 1.54) is 0 Å². The van der Waals surface area contributed by atoms with Crippen LogP contribution in [0, 0.1) is 0 Å². The molecule has 0 atom stereocenters. The van der Waals surface area contributed by atoms with Crippen LogP contribution >= 0.6 is 0 Å². The second-order valence-electron chi connectivity index (χ2n) is 12.7. The van der Waals surface area contributed by atoms with Crippen LogP contribution in [-0.4, -0.2) is 109 Å². The van der Waals surface area contributed by atoms with Gasteiger partial charge < -0.3 is 44.2 Å². The monoisotopic (exact) mass is 780 g/mol. The Labute approximate surface area is 320 Å². The zero-order valence-electron chi connectivity index (χ0n) is 31.2. The molecule has 0 bridgehead atoms. The summed E-state index contributed by atoms with van der Waals surface area (Å²) in [5, 5.41) is 8.72. The fraction of sp³-hybridized carbons (Fsp3) is 0.342. The number of aromatic nitrogens is 2. The number of aryl methyl sites for hydroxylation is 2. The van der Waals surface area contributed by atoms with Gasteiger partial charge in [-0.2, -0.15) is 8.42 Å². The van der Waals surface area contributed by atoms with Gasteiger partial charge in [-0.15, -0.1) is 0 Å². The molecule has 0 unspecified atom stereocenters. The predicted octanol–water partition coefficient (Wildman–Crippen LogP) is 4.25. The second kappa shape index (κ2) is 20.4. The van der Waals surface area contributed by atoms with Gasteiger partial charge in [0.25, 0.3) is 17.7 Å². The van der Waals surface area contributed by atoms with Gasteiger partial charge in [0.05, 0.1) is 37.8 Å². The SMILES string of the molecule is COCCOC1CCN(CCNC(=O)c2cc(NC(=O)c3cc(NC(=O)c4ccc(/C=C/c5ccc(OC)cc5)cc4)cn3C)cn2C)CC1.O=S(=O)(O)O. The Morgan fingerprint density at radius 2 is 1.29 bits per heavy atom. The lowest BCUT2D eigenvalue weighted by Crippen LogP contribution is -2.41. The molecule has 55 heavy (non-hydrogen) atoms. The van der Waals surface area contributed by atoms with Crippen LogP contribution in [0.25, 0.3) is 12.2 Å². The van der Waals surface area contributed by atoms with Crippen LogP contribution in [0.1, 0.15) is 55.3 Å². The van der Waals surface area contributed by atoms with E-state index in [9.17, 15) is 14.4 Å². The minimum absolute atomic E-state index is 0.212. The Kier molecular flexibility index (Phi) is 15.7. The standard InChI is InChI=1S/C38H46N6O6.H2O4S/c1-42-26-31(23-34(42)37(46)39-17-20-44-18-15-33(16-19-44)50-22-21-48-3)41-38(47)35-24-30(25-43(35)2)40-36(45)29-11-7-27(8-12-29)5-6-28-9-13-32(49-4)14-10-28;1-5(2,3)4/h5-14,23-26,33H,15-22H2,1-4H3,(H,39,46)(H,40,45)(H,41,47);(H2,1,2,3,4)/b6-5+;. The Morgan fingerprint density at radius 1 is 0.782 bits per heavy atom. The molecule has 5 rings (SSSR count). The number of hydrogen-bond donors (Lipinski definition) is 5. The highest BCUT2D eigenvalue weighted by Gasteiger charge is 2.21. The normalized spacial score (nSPS) is 13.6. The zero-order valence-corrected chi connectivity index (χ0v) is 32.0. The van der Waals surface area contributed by atoms with Gasteiger partial charge in [0.1, 0.15) is 17.1 Å². The van der Waals surface area contributed by atoms with Gasteiger partial charge in [0, 0.05) is 65.3 Å². The molecule has 1 aliphatic heterocycles. The first-order valence-corrected chi connectivity index (χ1v) is 18.8. The summed E-state index contributed by atoms with van der Waals surface area (Å²) < 4.78 is 51.0. The van der Waals surface area contributed by atoms with Gasteiger partial charge in [-0.1, -0.05) is 36.4 Å². The molecule has 5 N–H and O–H groups in total. The second-order valence-corrected chi connectivity index (χ2v) is 13.6. The fourth-order valence-corrected chi connectivity index (χ4v) is 5.78. The number of hydrogen-bond acceptors (Lipinski definition) is 9. The summed E-state index contributed by atoms with van der Waals surface area (Å²) in [5.41, 5.74) is 4.24. The lowest BCUT2D eigenvalue weighted by molar-refractivity contribution is -0.0144. The molecule has 0 spiro atoms. The number of nitrogens with zero attached hydrogens (tertiary/aromatic N) is 3. The number of benzene rings is 2. The Morgan fingerprint density at radius 3 is 1.82 bits per heavy atom. The number of likely N-dealkylation sites (tertiary alicyclic amines) is 1. The number of carbonyl (C=O) groups is 3. The van der Waals surface area contributed by atoms with Crippen molar-refractivity contribution in [3.63, 3.8) is 0 Å². The number of anilines is 2. The molecule has 2 aromatic carbocycles. The summed E-state index contributed by atoms with van der Waals surface area (Å²) in [6, 6.07) is 18.3. The topological polar surface area (TPSA) is 203 Å². The quantitative estimate of drug-likeness (QED) is 0.0656. The van der Waals surface area contributed by atoms with Crippen molar-refractivity contribution in [3.05, 3.63) is 101 Å². The van der Waals surface area contributed by atoms with Crippen molar-refractivity contribution in [2.24, 2.45) is 14.1 Å². The van der Waals surface area contributed by atoms with Gasteiger partial charge in [-0.25, -0.2) is 0 Å². The molecule has 3 amide bonds. The predicted molar refractivity (Wildman–Crippen MR) is 209 cm³/mol. The maximum absolute atomic E-state index is 13.2. The Hall–Kier alpha value is -5.30. The van der Waals surface area contributed by atoms with Crippen LogP contribution in [0.5, 0.6) is 5.75 Å². The number of methoxy groups -OCH3 is 2. The number of carbonyl (C=O) groups excluding carboxylic acids is 3. The minimum Gasteiger partial charge on any atom is -0.497 e. The molecular weight excluding hydrogens is 733 g/mol. The van der Waals surface area contributed by atoms with E-state index in [0.717, 1.165) is 49.4 Å². The van der Waals surface area contributed by atoms with Crippen molar-refractivity contribution in [1.29, 1.82) is 0 Å². The number of amides is 3. The van der Waals surface area contributed by atoms with E-state index in [2.05, 4.69) is 20.9 Å². The Balaban J connectivity index is 0.00000126. The van der Waals surface area contributed by atoms with Gasteiger partial charge >= 0.3 is 10.4 Å². The van der Waals surface area contributed by atoms with Crippen molar-refractivity contribution in [2.45, 2.75) is 18.9 Å². The fourth-order valence-electron chi connectivity index (χ4n) is 5.78. The van der Waals surface area contributed by atoms with E-state index in [1.54, 1.807) is 74.1 Å². The molecule has 1 fully saturated rings. The third kappa shape index (κ3) is 14.1. The molecule has 4 aromatic rings. The van der Waals surface area contributed by atoms with E-state index < -0.39 is 10.4 Å². The van der Waals surface area contributed by atoms with Crippen molar-refractivity contribution in [2.75, 3.05) is 64.2 Å². The summed E-state index contributed by atoms with van der Waals surface area (Å²) >= 11 is 0. The van der Waals surface area contributed by atoms with E-state index in [1.807, 2.05) is 48.6 Å². The average Bonchev–Trinajstić information content (AvgIpc) is 3.71. The Bertz CT molecular complexity index is 2010. The number of nitrogens with one attached hydrogen (secondary N) is 3. The third-order valence-electron chi connectivity index (χ3n) is 8.64. The van der Waals surface area contributed by atoms with Gasteiger partial charge in [0.15, 0.2) is 0 Å². The summed E-state index contributed by atoms with van der Waals surface area (Å²) in [7, 11) is 2.13. The van der Waals surface area contributed by atoms with Gasteiger partial charge in [-0.3, -0.25) is 23.5 Å². The number of piperidine rings is 1. The maximum Gasteiger partial charge on any atom is 0.394 e. The molecule has 296 valence electrons. The van der Waals surface area contributed by atoms with E-state index in [0.29, 0.717) is 48.1 Å². The number of rotatable bonds is 15. The third-order valence-corrected chi connectivity index (χ3v) is 8.64. The zero-order chi connectivity index (χ0) is 40.0. The highest BCUT2D eigenvalue weighted by molar-refractivity contribution is 7.79. The molecule has 1 saturated heterocycles. The first-order chi connectivity index (χ1) is 26.2. The molecule has 0 saturated carbocycles. The minimum atomic E-state index is -4.67. The average molecular weight is 781 g/mol. The highest BCUT2D eigenvalue weighted by Crippen LogP contribution is 2.20. The molecule has 2 aromatic heterocycles. The highest BCUT2D eigenvalue weighted by atomic mass is 32.3. The van der Waals surface area contributed by atoms with E-state index in [-0.39, 0.29) is 23.8 Å². The summed E-state index contributed by atoms with van der Waals surface area (Å²) in [5.74, 6) is -0.0677. The van der Waals surface area contributed by atoms with Crippen LogP contribution in [0.3, 0.4) is 0 Å².